The van der Waals surface area contributed by atoms with Crippen LogP contribution in [0.4, 0.5) is 4.39 Å². The Balaban J connectivity index is 1.68. The second-order valence-electron chi connectivity index (χ2n) is 5.97. The van der Waals surface area contributed by atoms with Gasteiger partial charge in [-0.05, 0) is 31.2 Å². The molecule has 122 valence electrons. The Bertz CT molecular complexity index is 898. The summed E-state index contributed by atoms with van der Waals surface area (Å²) in [5.41, 5.74) is 2.74. The van der Waals surface area contributed by atoms with Crippen molar-refractivity contribution in [3.63, 3.8) is 0 Å². The maximum absolute atomic E-state index is 13.5. The van der Waals surface area contributed by atoms with Crippen LogP contribution in [0, 0.1) is 5.82 Å². The molecule has 1 amide bonds. The fourth-order valence-electron chi connectivity index (χ4n) is 3.32. The molecular weight excluding hydrogens is 307 g/mol. The zero-order valence-corrected chi connectivity index (χ0v) is 13.2. The normalized spacial score (nSPS) is 16.9. The number of amides is 1. The van der Waals surface area contributed by atoms with E-state index < -0.39 is 0 Å². The highest BCUT2D eigenvalue weighted by Crippen LogP contribution is 2.29. The molecule has 0 saturated carbocycles. The van der Waals surface area contributed by atoms with E-state index in [1.54, 1.807) is 12.1 Å². The molecular formula is C18H17FN4O. The standard InChI is InChI=1S/C18H17FN4O/c1-12-16-6-3-7-22(16)8-9-23(12)18(24)15-11-20-21-17(15)13-4-2-5-14(19)10-13/h2-7,10-12H,8-9H2,1H3,(H,20,21)/t12-/m1/s1. The van der Waals surface area contributed by atoms with Gasteiger partial charge in [-0.1, -0.05) is 12.1 Å². The molecule has 0 saturated heterocycles. The number of carbonyl (C=O) groups is 1. The van der Waals surface area contributed by atoms with Crippen LogP contribution in [0.3, 0.4) is 0 Å². The van der Waals surface area contributed by atoms with E-state index >= 15 is 0 Å². The number of aromatic amines is 1. The fraction of sp³-hybridized carbons (Fsp3) is 0.222. The van der Waals surface area contributed by atoms with Gasteiger partial charge in [-0.25, -0.2) is 4.39 Å². The highest BCUT2D eigenvalue weighted by molar-refractivity contribution is 6.00. The summed E-state index contributed by atoms with van der Waals surface area (Å²) < 4.78 is 15.7. The summed E-state index contributed by atoms with van der Waals surface area (Å²) in [5.74, 6) is -0.437. The molecule has 24 heavy (non-hydrogen) atoms. The summed E-state index contributed by atoms with van der Waals surface area (Å²) in [4.78, 5) is 14.9. The zero-order chi connectivity index (χ0) is 16.7. The maximum Gasteiger partial charge on any atom is 0.258 e. The van der Waals surface area contributed by atoms with Crippen molar-refractivity contribution >= 4 is 5.91 Å². The average Bonchev–Trinajstić information content (AvgIpc) is 3.24. The van der Waals surface area contributed by atoms with Gasteiger partial charge in [-0.2, -0.15) is 5.10 Å². The van der Waals surface area contributed by atoms with Gasteiger partial charge in [-0.15, -0.1) is 0 Å². The van der Waals surface area contributed by atoms with E-state index in [9.17, 15) is 9.18 Å². The van der Waals surface area contributed by atoms with Gasteiger partial charge >= 0.3 is 0 Å². The third-order valence-electron chi connectivity index (χ3n) is 4.59. The minimum atomic E-state index is -0.343. The van der Waals surface area contributed by atoms with Crippen LogP contribution in [0.5, 0.6) is 0 Å². The number of hydrogen-bond donors (Lipinski definition) is 1. The van der Waals surface area contributed by atoms with Crippen LogP contribution in [-0.4, -0.2) is 32.1 Å². The van der Waals surface area contributed by atoms with Crippen LogP contribution in [-0.2, 0) is 6.54 Å². The van der Waals surface area contributed by atoms with Crippen LogP contribution in [0.15, 0.2) is 48.8 Å². The van der Waals surface area contributed by atoms with Crippen LogP contribution in [0.25, 0.3) is 11.3 Å². The quantitative estimate of drug-likeness (QED) is 0.787. The number of H-pyrrole nitrogens is 1. The molecule has 1 atom stereocenters. The Morgan fingerprint density at radius 2 is 2.17 bits per heavy atom. The highest BCUT2D eigenvalue weighted by atomic mass is 19.1. The van der Waals surface area contributed by atoms with E-state index in [2.05, 4.69) is 14.8 Å². The van der Waals surface area contributed by atoms with E-state index in [4.69, 9.17) is 0 Å². The maximum atomic E-state index is 13.5. The van der Waals surface area contributed by atoms with Gasteiger partial charge in [-0.3, -0.25) is 9.89 Å². The number of halogens is 1. The number of hydrogen-bond acceptors (Lipinski definition) is 2. The fourth-order valence-corrected chi connectivity index (χ4v) is 3.32. The van der Waals surface area contributed by atoms with Gasteiger partial charge in [0.2, 0.25) is 0 Å². The van der Waals surface area contributed by atoms with Gasteiger partial charge < -0.3 is 9.47 Å². The number of benzene rings is 1. The minimum Gasteiger partial charge on any atom is -0.348 e. The number of rotatable bonds is 2. The lowest BCUT2D eigenvalue weighted by Gasteiger charge is -2.34. The Hall–Kier alpha value is -2.89. The predicted octanol–water partition coefficient (Wildman–Crippen LogP) is 3.23. The van der Waals surface area contributed by atoms with Gasteiger partial charge in [0.15, 0.2) is 0 Å². The number of aromatic nitrogens is 3. The summed E-state index contributed by atoms with van der Waals surface area (Å²) in [6, 6.07) is 10.2. The molecule has 2 aromatic heterocycles. The lowest BCUT2D eigenvalue weighted by atomic mass is 10.1. The number of nitrogens with zero attached hydrogens (tertiary/aromatic N) is 3. The Kier molecular flexibility index (Phi) is 3.45. The highest BCUT2D eigenvalue weighted by Gasteiger charge is 2.30. The van der Waals surface area contributed by atoms with Crippen molar-refractivity contribution in [2.24, 2.45) is 0 Å². The van der Waals surface area contributed by atoms with E-state index in [0.29, 0.717) is 23.4 Å². The van der Waals surface area contributed by atoms with E-state index in [1.165, 1.54) is 18.3 Å². The molecule has 0 aliphatic carbocycles. The second kappa shape index (κ2) is 5.63. The smallest absolute Gasteiger partial charge is 0.258 e. The van der Waals surface area contributed by atoms with Crippen molar-refractivity contribution < 1.29 is 9.18 Å². The van der Waals surface area contributed by atoms with Crippen molar-refractivity contribution in [2.75, 3.05) is 6.54 Å². The molecule has 1 aliphatic rings. The first-order valence-electron chi connectivity index (χ1n) is 7.90. The second-order valence-corrected chi connectivity index (χ2v) is 5.97. The molecule has 0 spiro atoms. The Labute approximate surface area is 138 Å². The van der Waals surface area contributed by atoms with E-state index in [0.717, 1.165) is 12.2 Å². The molecule has 1 N–H and O–H groups in total. The zero-order valence-electron chi connectivity index (χ0n) is 13.2. The molecule has 6 heteroatoms. The SMILES string of the molecule is C[C@@H]1c2cccn2CCN1C(=O)c1cn[nH]c1-c1cccc(F)c1. The molecule has 0 unspecified atom stereocenters. The average molecular weight is 324 g/mol. The number of fused-ring (bicyclic) bond motifs is 1. The molecule has 0 fully saturated rings. The van der Waals surface area contributed by atoms with E-state index in [-0.39, 0.29) is 17.8 Å². The predicted molar refractivity (Wildman–Crippen MR) is 87.9 cm³/mol. The summed E-state index contributed by atoms with van der Waals surface area (Å²) in [6.45, 7) is 3.42. The van der Waals surface area contributed by atoms with Crippen molar-refractivity contribution in [1.82, 2.24) is 19.7 Å². The Morgan fingerprint density at radius 3 is 3.00 bits per heavy atom. The molecule has 1 aromatic carbocycles. The van der Waals surface area contributed by atoms with Crippen LogP contribution >= 0.6 is 0 Å². The van der Waals surface area contributed by atoms with Crippen molar-refractivity contribution in [1.29, 1.82) is 0 Å². The lowest BCUT2D eigenvalue weighted by molar-refractivity contribution is 0.0645. The summed E-state index contributed by atoms with van der Waals surface area (Å²) >= 11 is 0. The molecule has 0 radical (unpaired) electrons. The molecule has 0 bridgehead atoms. The van der Waals surface area contributed by atoms with Crippen molar-refractivity contribution in [2.45, 2.75) is 19.5 Å². The Morgan fingerprint density at radius 1 is 1.29 bits per heavy atom. The monoisotopic (exact) mass is 324 g/mol. The largest absolute Gasteiger partial charge is 0.348 e. The molecule has 4 rings (SSSR count). The first kappa shape index (κ1) is 14.7. The third-order valence-corrected chi connectivity index (χ3v) is 4.59. The third kappa shape index (κ3) is 2.31. The molecule has 3 aromatic rings. The van der Waals surface area contributed by atoms with Crippen molar-refractivity contribution in [3.05, 3.63) is 65.9 Å². The van der Waals surface area contributed by atoms with Crippen LogP contribution in [0.1, 0.15) is 29.0 Å². The minimum absolute atomic E-state index is 0.0171. The van der Waals surface area contributed by atoms with E-state index in [1.807, 2.05) is 30.2 Å². The molecule has 5 nitrogen and oxygen atoms in total. The summed E-state index contributed by atoms with van der Waals surface area (Å²) in [7, 11) is 0. The molecule has 3 heterocycles. The number of carbonyl (C=O) groups excluding carboxylic acids is 1. The van der Waals surface area contributed by atoms with Crippen LogP contribution in [0.2, 0.25) is 0 Å². The van der Waals surface area contributed by atoms with Gasteiger partial charge in [0, 0.05) is 30.5 Å². The first-order chi connectivity index (χ1) is 11.6. The molecule has 1 aliphatic heterocycles. The van der Waals surface area contributed by atoms with Gasteiger partial charge in [0.25, 0.3) is 5.91 Å². The topological polar surface area (TPSA) is 53.9 Å². The van der Waals surface area contributed by atoms with Gasteiger partial charge in [0.05, 0.1) is 23.5 Å². The lowest BCUT2D eigenvalue weighted by Crippen LogP contribution is -2.40. The summed E-state index contributed by atoms with van der Waals surface area (Å²) in [5, 5.41) is 6.83. The first-order valence-corrected chi connectivity index (χ1v) is 7.90. The van der Waals surface area contributed by atoms with Crippen LogP contribution < -0.4 is 0 Å². The summed E-state index contributed by atoms with van der Waals surface area (Å²) in [6.07, 6.45) is 3.55. The van der Waals surface area contributed by atoms with Gasteiger partial charge in [0.1, 0.15) is 5.82 Å². The number of nitrogens with one attached hydrogen (secondary N) is 1. The van der Waals surface area contributed by atoms with Crippen molar-refractivity contribution in [3.8, 4) is 11.3 Å².